The van der Waals surface area contributed by atoms with Gasteiger partial charge in [-0.15, -0.1) is 0 Å². The summed E-state index contributed by atoms with van der Waals surface area (Å²) < 4.78 is 0.496. The van der Waals surface area contributed by atoms with Crippen LogP contribution < -0.4 is 5.32 Å². The molecule has 1 aliphatic rings. The molecule has 1 N–H and O–H groups in total. The lowest BCUT2D eigenvalue weighted by Crippen LogP contribution is -2.51. The monoisotopic (exact) mass is 367 g/mol. The van der Waals surface area contributed by atoms with Crippen LogP contribution in [-0.2, 0) is 4.79 Å². The van der Waals surface area contributed by atoms with Crippen molar-refractivity contribution in [3.8, 4) is 0 Å². The number of halogens is 1. The van der Waals surface area contributed by atoms with Crippen LogP contribution in [0.3, 0.4) is 0 Å². The second-order valence-corrected chi connectivity index (χ2v) is 6.61. The van der Waals surface area contributed by atoms with Crippen molar-refractivity contribution in [2.24, 2.45) is 0 Å². The molecule has 0 bridgehead atoms. The molecule has 0 aliphatic carbocycles. The highest BCUT2D eigenvalue weighted by Gasteiger charge is 2.28. The van der Waals surface area contributed by atoms with E-state index in [4.69, 9.17) is 0 Å². The lowest BCUT2D eigenvalue weighted by atomic mass is 10.0. The van der Waals surface area contributed by atoms with Crippen molar-refractivity contribution >= 4 is 27.7 Å². The summed E-state index contributed by atoms with van der Waals surface area (Å²) >= 11 is 3.29. The van der Waals surface area contributed by atoms with E-state index in [0.29, 0.717) is 10.2 Å². The zero-order valence-corrected chi connectivity index (χ0v) is 14.8. The summed E-state index contributed by atoms with van der Waals surface area (Å²) in [5.74, 6) is -0.304. The first-order valence-electron chi connectivity index (χ1n) is 7.64. The van der Waals surface area contributed by atoms with Crippen LogP contribution in [0.1, 0.15) is 49.2 Å². The molecule has 6 heteroatoms. The third-order valence-electron chi connectivity index (χ3n) is 4.04. The summed E-state index contributed by atoms with van der Waals surface area (Å²) in [5.41, 5.74) is 1.27. The summed E-state index contributed by atoms with van der Waals surface area (Å²) in [4.78, 5) is 30.9. The largest absolute Gasteiger partial charge is 0.340 e. The molecule has 2 atom stereocenters. The van der Waals surface area contributed by atoms with Gasteiger partial charge < -0.3 is 10.2 Å². The number of hydrogen-bond donors (Lipinski definition) is 1. The van der Waals surface area contributed by atoms with Crippen molar-refractivity contribution in [2.75, 3.05) is 6.54 Å². The summed E-state index contributed by atoms with van der Waals surface area (Å²) in [6, 6.07) is 3.19. The highest BCUT2D eigenvalue weighted by atomic mass is 79.9. The fourth-order valence-electron chi connectivity index (χ4n) is 2.70. The number of likely N-dealkylation sites (tertiary alicyclic amines) is 1. The van der Waals surface area contributed by atoms with Gasteiger partial charge in [-0.1, -0.05) is 0 Å². The average molecular weight is 368 g/mol. The standard InChI is InChI=1S/C16H22BrN3O2/c1-10-7-8-13(14(17)18-10)15(21)19-12(3)16(22)20-9-5-4-6-11(20)2/h7-8,11-12H,4-6,9H2,1-3H3,(H,19,21). The van der Waals surface area contributed by atoms with Crippen LogP contribution in [0.4, 0.5) is 0 Å². The number of pyridine rings is 1. The Labute approximate surface area is 139 Å². The predicted octanol–water partition coefficient (Wildman–Crippen LogP) is 2.67. The molecular formula is C16H22BrN3O2. The summed E-state index contributed by atoms with van der Waals surface area (Å²) in [6.07, 6.45) is 3.22. The molecule has 2 amide bonds. The van der Waals surface area contributed by atoms with E-state index in [9.17, 15) is 9.59 Å². The fourth-order valence-corrected chi connectivity index (χ4v) is 3.30. The molecule has 1 saturated heterocycles. The topological polar surface area (TPSA) is 62.3 Å². The van der Waals surface area contributed by atoms with E-state index in [1.54, 1.807) is 19.1 Å². The van der Waals surface area contributed by atoms with Gasteiger partial charge >= 0.3 is 0 Å². The number of nitrogens with zero attached hydrogens (tertiary/aromatic N) is 2. The number of hydrogen-bond acceptors (Lipinski definition) is 3. The Bertz CT molecular complexity index is 577. The molecule has 0 saturated carbocycles. The maximum atomic E-state index is 12.5. The molecule has 120 valence electrons. The summed E-state index contributed by atoms with van der Waals surface area (Å²) in [5, 5.41) is 2.77. The van der Waals surface area contributed by atoms with E-state index < -0.39 is 6.04 Å². The Morgan fingerprint density at radius 2 is 2.14 bits per heavy atom. The van der Waals surface area contributed by atoms with Gasteiger partial charge in [-0.3, -0.25) is 9.59 Å². The Hall–Kier alpha value is -1.43. The number of aromatic nitrogens is 1. The summed E-state index contributed by atoms with van der Waals surface area (Å²) in [6.45, 7) is 6.43. The van der Waals surface area contributed by atoms with Gasteiger partial charge in [0.05, 0.1) is 5.56 Å². The van der Waals surface area contributed by atoms with Gasteiger partial charge in [-0.2, -0.15) is 0 Å². The third-order valence-corrected chi connectivity index (χ3v) is 4.64. The first-order valence-corrected chi connectivity index (χ1v) is 8.44. The quantitative estimate of drug-likeness (QED) is 0.835. The van der Waals surface area contributed by atoms with Crippen molar-refractivity contribution in [1.82, 2.24) is 15.2 Å². The minimum atomic E-state index is -0.541. The lowest BCUT2D eigenvalue weighted by Gasteiger charge is -2.35. The van der Waals surface area contributed by atoms with Crippen LogP contribution in [0.15, 0.2) is 16.7 Å². The number of rotatable bonds is 3. The van der Waals surface area contributed by atoms with Crippen molar-refractivity contribution in [3.05, 3.63) is 28.0 Å². The zero-order chi connectivity index (χ0) is 16.3. The van der Waals surface area contributed by atoms with Crippen molar-refractivity contribution in [2.45, 2.75) is 52.1 Å². The molecule has 5 nitrogen and oxygen atoms in total. The Kier molecular flexibility index (Phi) is 5.56. The number of carbonyl (C=O) groups is 2. The smallest absolute Gasteiger partial charge is 0.254 e. The van der Waals surface area contributed by atoms with Gasteiger partial charge in [0.25, 0.3) is 5.91 Å². The first kappa shape index (κ1) is 16.9. The van der Waals surface area contributed by atoms with E-state index in [-0.39, 0.29) is 17.9 Å². The number of carbonyl (C=O) groups excluding carboxylic acids is 2. The van der Waals surface area contributed by atoms with Gasteiger partial charge in [0, 0.05) is 18.3 Å². The molecule has 1 aliphatic heterocycles. The molecule has 0 radical (unpaired) electrons. The zero-order valence-electron chi connectivity index (χ0n) is 13.2. The van der Waals surface area contributed by atoms with Crippen molar-refractivity contribution in [3.63, 3.8) is 0 Å². The van der Waals surface area contributed by atoms with E-state index >= 15 is 0 Å². The third kappa shape index (κ3) is 3.85. The van der Waals surface area contributed by atoms with Crippen LogP contribution in [0, 0.1) is 6.92 Å². The second kappa shape index (κ2) is 7.22. The van der Waals surface area contributed by atoms with E-state index in [1.165, 1.54) is 0 Å². The van der Waals surface area contributed by atoms with Gasteiger partial charge in [0.15, 0.2) is 0 Å². The molecule has 2 heterocycles. The second-order valence-electron chi connectivity index (χ2n) is 5.86. The van der Waals surface area contributed by atoms with Crippen LogP contribution >= 0.6 is 15.9 Å². The highest BCUT2D eigenvalue weighted by Crippen LogP contribution is 2.18. The fraction of sp³-hybridized carbons (Fsp3) is 0.562. The van der Waals surface area contributed by atoms with Crippen LogP contribution in [0.25, 0.3) is 0 Å². The molecule has 0 spiro atoms. The molecule has 0 aromatic carbocycles. The molecule has 2 unspecified atom stereocenters. The average Bonchev–Trinajstić information content (AvgIpc) is 2.46. The maximum absolute atomic E-state index is 12.5. The predicted molar refractivity (Wildman–Crippen MR) is 88.6 cm³/mol. The van der Waals surface area contributed by atoms with Crippen LogP contribution in [0.2, 0.25) is 0 Å². The molecule has 2 rings (SSSR count). The number of amides is 2. The Balaban J connectivity index is 2.02. The van der Waals surface area contributed by atoms with E-state index in [2.05, 4.69) is 33.2 Å². The molecular weight excluding hydrogens is 346 g/mol. The van der Waals surface area contributed by atoms with Crippen molar-refractivity contribution < 1.29 is 9.59 Å². The first-order chi connectivity index (χ1) is 10.4. The van der Waals surface area contributed by atoms with Gasteiger partial charge in [-0.25, -0.2) is 4.98 Å². The molecule has 22 heavy (non-hydrogen) atoms. The van der Waals surface area contributed by atoms with Crippen molar-refractivity contribution in [1.29, 1.82) is 0 Å². The Morgan fingerprint density at radius 1 is 1.41 bits per heavy atom. The molecule has 1 aromatic rings. The van der Waals surface area contributed by atoms with Gasteiger partial charge in [0.1, 0.15) is 10.6 Å². The number of nitrogens with one attached hydrogen (secondary N) is 1. The minimum absolute atomic E-state index is 0.0169. The molecule has 1 fully saturated rings. The SMILES string of the molecule is Cc1ccc(C(=O)NC(C)C(=O)N2CCCCC2C)c(Br)n1. The van der Waals surface area contributed by atoms with E-state index in [0.717, 1.165) is 31.5 Å². The normalized spacial score (nSPS) is 19.6. The Morgan fingerprint density at radius 3 is 2.77 bits per heavy atom. The number of piperidine rings is 1. The molecule has 1 aromatic heterocycles. The van der Waals surface area contributed by atoms with E-state index in [1.807, 2.05) is 11.8 Å². The van der Waals surface area contributed by atoms with Crippen LogP contribution in [0.5, 0.6) is 0 Å². The highest BCUT2D eigenvalue weighted by molar-refractivity contribution is 9.10. The number of aryl methyl sites for hydroxylation is 1. The van der Waals surface area contributed by atoms with Gasteiger partial charge in [0.2, 0.25) is 5.91 Å². The maximum Gasteiger partial charge on any atom is 0.254 e. The van der Waals surface area contributed by atoms with Gasteiger partial charge in [-0.05, 0) is 68.1 Å². The van der Waals surface area contributed by atoms with Crippen LogP contribution in [-0.4, -0.2) is 40.3 Å². The lowest BCUT2D eigenvalue weighted by molar-refractivity contribution is -0.136. The minimum Gasteiger partial charge on any atom is -0.340 e. The summed E-state index contributed by atoms with van der Waals surface area (Å²) in [7, 11) is 0.